The zero-order chi connectivity index (χ0) is 11.5. The molecule has 0 bridgehead atoms. The van der Waals surface area contributed by atoms with E-state index in [0.717, 1.165) is 5.56 Å². The number of aliphatic hydroxyl groups is 1. The van der Waals surface area contributed by atoms with Crippen molar-refractivity contribution >= 4 is 5.97 Å². The molecule has 1 aliphatic heterocycles. The Kier molecular flexibility index (Phi) is 2.96. The predicted molar refractivity (Wildman–Crippen MR) is 54.3 cm³/mol. The van der Waals surface area contributed by atoms with Crippen LogP contribution >= 0.6 is 0 Å². The van der Waals surface area contributed by atoms with Crippen LogP contribution in [0, 0.1) is 0 Å². The molecule has 1 atom stereocenters. The van der Waals surface area contributed by atoms with Gasteiger partial charge < -0.3 is 19.3 Å². The van der Waals surface area contributed by atoms with Crippen LogP contribution in [-0.4, -0.2) is 30.9 Å². The van der Waals surface area contributed by atoms with Crippen molar-refractivity contribution in [1.82, 2.24) is 0 Å². The number of methoxy groups -OCH3 is 1. The number of hydrogen-bond donors (Lipinski definition) is 1. The van der Waals surface area contributed by atoms with Gasteiger partial charge in [0.05, 0.1) is 13.7 Å². The topological polar surface area (TPSA) is 65.0 Å². The van der Waals surface area contributed by atoms with E-state index >= 15 is 0 Å². The van der Waals surface area contributed by atoms with Crippen molar-refractivity contribution in [3.05, 3.63) is 23.8 Å². The van der Waals surface area contributed by atoms with E-state index < -0.39 is 12.1 Å². The molecular formula is C11H12O5. The summed E-state index contributed by atoms with van der Waals surface area (Å²) in [4.78, 5) is 11.2. The number of fused-ring (bicyclic) bond motifs is 1. The molecule has 0 fully saturated rings. The monoisotopic (exact) mass is 224 g/mol. The average molecular weight is 224 g/mol. The fourth-order valence-electron chi connectivity index (χ4n) is 1.46. The lowest BCUT2D eigenvalue weighted by atomic mass is 10.2. The first-order valence-corrected chi connectivity index (χ1v) is 4.85. The summed E-state index contributed by atoms with van der Waals surface area (Å²) in [5.41, 5.74) is 0.735. The molecule has 2 rings (SSSR count). The maximum Gasteiger partial charge on any atom is 0.350 e. The number of rotatable bonds is 2. The maximum atomic E-state index is 11.2. The van der Waals surface area contributed by atoms with Crippen LogP contribution < -0.4 is 9.47 Å². The number of carbonyl (C=O) groups is 1. The first kappa shape index (κ1) is 10.8. The highest BCUT2D eigenvalue weighted by Crippen LogP contribution is 2.32. The van der Waals surface area contributed by atoms with Crippen LogP contribution in [0.25, 0.3) is 0 Å². The van der Waals surface area contributed by atoms with E-state index in [1.807, 2.05) is 0 Å². The third-order valence-corrected chi connectivity index (χ3v) is 2.31. The van der Waals surface area contributed by atoms with Crippen molar-refractivity contribution in [1.29, 1.82) is 0 Å². The van der Waals surface area contributed by atoms with Gasteiger partial charge in [-0.2, -0.15) is 0 Å². The van der Waals surface area contributed by atoms with Crippen LogP contribution in [-0.2, 0) is 16.1 Å². The quantitative estimate of drug-likeness (QED) is 0.741. The van der Waals surface area contributed by atoms with Crippen molar-refractivity contribution in [2.24, 2.45) is 0 Å². The van der Waals surface area contributed by atoms with Crippen molar-refractivity contribution in [2.45, 2.75) is 12.7 Å². The number of benzene rings is 1. The summed E-state index contributed by atoms with van der Waals surface area (Å²) in [6.07, 6.45) is -0.725. The fraction of sp³-hybridized carbons (Fsp3) is 0.364. The first-order chi connectivity index (χ1) is 7.74. The number of hydrogen-bond acceptors (Lipinski definition) is 5. The third kappa shape index (κ3) is 1.94. The minimum absolute atomic E-state index is 0.0585. The molecule has 5 heteroatoms. The number of esters is 1. The molecule has 1 aromatic rings. The molecular weight excluding hydrogens is 212 g/mol. The SMILES string of the molecule is COC(=O)C1COc2cc(CO)ccc2O1. The zero-order valence-electron chi connectivity index (χ0n) is 8.80. The van der Waals surface area contributed by atoms with Crippen LogP contribution in [0.5, 0.6) is 11.5 Å². The Morgan fingerprint density at radius 1 is 1.56 bits per heavy atom. The van der Waals surface area contributed by atoms with Crippen LogP contribution in [0.2, 0.25) is 0 Å². The van der Waals surface area contributed by atoms with Crippen LogP contribution in [0.15, 0.2) is 18.2 Å². The summed E-state index contributed by atoms with van der Waals surface area (Å²) in [5.74, 6) is 0.558. The highest BCUT2D eigenvalue weighted by Gasteiger charge is 2.28. The highest BCUT2D eigenvalue weighted by atomic mass is 16.6. The largest absolute Gasteiger partial charge is 0.485 e. The van der Waals surface area contributed by atoms with E-state index in [0.29, 0.717) is 11.5 Å². The van der Waals surface area contributed by atoms with Gasteiger partial charge in [0.1, 0.15) is 6.61 Å². The lowest BCUT2D eigenvalue weighted by molar-refractivity contribution is -0.151. The van der Waals surface area contributed by atoms with Crippen molar-refractivity contribution in [3.63, 3.8) is 0 Å². The molecule has 1 aliphatic rings. The molecule has 1 N–H and O–H groups in total. The van der Waals surface area contributed by atoms with Gasteiger partial charge in [0.2, 0.25) is 6.10 Å². The van der Waals surface area contributed by atoms with E-state index in [-0.39, 0.29) is 13.2 Å². The normalized spacial score (nSPS) is 18.0. The van der Waals surface area contributed by atoms with E-state index in [9.17, 15) is 4.79 Å². The molecule has 1 aromatic carbocycles. The molecule has 16 heavy (non-hydrogen) atoms. The third-order valence-electron chi connectivity index (χ3n) is 2.31. The molecule has 0 saturated carbocycles. The summed E-state index contributed by atoms with van der Waals surface area (Å²) < 4.78 is 15.3. The standard InChI is InChI=1S/C11H12O5/c1-14-11(13)10-6-15-9-4-7(5-12)2-3-8(9)16-10/h2-4,10,12H,5-6H2,1H3. The lowest BCUT2D eigenvalue weighted by Gasteiger charge is -2.24. The Labute approximate surface area is 92.5 Å². The molecule has 0 aromatic heterocycles. The van der Waals surface area contributed by atoms with E-state index in [1.165, 1.54) is 7.11 Å². The van der Waals surface area contributed by atoms with E-state index in [2.05, 4.69) is 4.74 Å². The Hall–Kier alpha value is -1.75. The predicted octanol–water partition coefficient (Wildman–Crippen LogP) is 0.492. The summed E-state index contributed by atoms with van der Waals surface area (Å²) in [6.45, 7) is 0.0611. The van der Waals surface area contributed by atoms with Gasteiger partial charge in [0, 0.05) is 0 Å². The van der Waals surface area contributed by atoms with Crippen molar-refractivity contribution in [3.8, 4) is 11.5 Å². The molecule has 0 aliphatic carbocycles. The molecule has 0 amide bonds. The molecule has 86 valence electrons. The first-order valence-electron chi connectivity index (χ1n) is 4.85. The number of carbonyl (C=O) groups excluding carboxylic acids is 1. The average Bonchev–Trinajstić information content (AvgIpc) is 2.36. The molecule has 0 saturated heterocycles. The summed E-state index contributed by atoms with van der Waals surface area (Å²) in [5, 5.41) is 8.95. The van der Waals surface area contributed by atoms with E-state index in [4.69, 9.17) is 14.6 Å². The summed E-state index contributed by atoms with van der Waals surface area (Å²) >= 11 is 0. The van der Waals surface area contributed by atoms with Crippen molar-refractivity contribution in [2.75, 3.05) is 13.7 Å². The van der Waals surface area contributed by atoms with E-state index in [1.54, 1.807) is 18.2 Å². The molecule has 0 radical (unpaired) electrons. The van der Waals surface area contributed by atoms with Gasteiger partial charge in [-0.1, -0.05) is 6.07 Å². The van der Waals surface area contributed by atoms with Gasteiger partial charge in [0.25, 0.3) is 0 Å². The van der Waals surface area contributed by atoms with Gasteiger partial charge in [-0.05, 0) is 17.7 Å². The lowest BCUT2D eigenvalue weighted by Crippen LogP contribution is -2.37. The van der Waals surface area contributed by atoms with Crippen LogP contribution in [0.3, 0.4) is 0 Å². The summed E-state index contributed by atoms with van der Waals surface area (Å²) in [6, 6.07) is 5.06. The van der Waals surface area contributed by atoms with Gasteiger partial charge in [-0.25, -0.2) is 4.79 Å². The van der Waals surface area contributed by atoms with Gasteiger partial charge in [-0.3, -0.25) is 0 Å². The Balaban J connectivity index is 2.18. The molecule has 5 nitrogen and oxygen atoms in total. The second kappa shape index (κ2) is 4.40. The highest BCUT2D eigenvalue weighted by molar-refractivity contribution is 5.75. The smallest absolute Gasteiger partial charge is 0.350 e. The summed E-state index contributed by atoms with van der Waals surface area (Å²) in [7, 11) is 1.30. The Morgan fingerprint density at radius 3 is 3.06 bits per heavy atom. The zero-order valence-corrected chi connectivity index (χ0v) is 8.80. The maximum absolute atomic E-state index is 11.2. The number of ether oxygens (including phenoxy) is 3. The van der Waals surface area contributed by atoms with Gasteiger partial charge in [-0.15, -0.1) is 0 Å². The van der Waals surface area contributed by atoms with Gasteiger partial charge >= 0.3 is 5.97 Å². The second-order valence-electron chi connectivity index (χ2n) is 3.38. The molecule has 1 heterocycles. The fourth-order valence-corrected chi connectivity index (χ4v) is 1.46. The molecule has 1 unspecified atom stereocenters. The Bertz CT molecular complexity index is 401. The van der Waals surface area contributed by atoms with Gasteiger partial charge in [0.15, 0.2) is 11.5 Å². The van der Waals surface area contributed by atoms with Crippen LogP contribution in [0.4, 0.5) is 0 Å². The number of aliphatic hydroxyl groups excluding tert-OH is 1. The Morgan fingerprint density at radius 2 is 2.38 bits per heavy atom. The molecule has 0 spiro atoms. The van der Waals surface area contributed by atoms with Crippen molar-refractivity contribution < 1.29 is 24.1 Å². The second-order valence-corrected chi connectivity index (χ2v) is 3.38. The minimum atomic E-state index is -0.725. The minimum Gasteiger partial charge on any atom is -0.485 e. The van der Waals surface area contributed by atoms with Crippen LogP contribution in [0.1, 0.15) is 5.56 Å².